The van der Waals surface area contributed by atoms with E-state index in [0.717, 1.165) is 33.0 Å². The van der Waals surface area contributed by atoms with Crippen LogP contribution in [0.2, 0.25) is 5.02 Å². The van der Waals surface area contributed by atoms with Crippen molar-refractivity contribution < 1.29 is 27.8 Å². The SMILES string of the molecule is Cc1cc(C)c(S(=O)(=O)N(CC(=O)N(Cc2ccc3ccccc3c2)c2ccc(C(O)OCc3ccccc3)c(OCc3ccccc3)c2)Cc2ccc(Cl)cc2)c(C)c1. The van der Waals surface area contributed by atoms with Crippen LogP contribution in [0.15, 0.2) is 163 Å². The highest BCUT2D eigenvalue weighted by atomic mass is 35.5. The van der Waals surface area contributed by atoms with Gasteiger partial charge in [0.25, 0.3) is 0 Å². The van der Waals surface area contributed by atoms with Crippen molar-refractivity contribution in [2.24, 2.45) is 0 Å². The molecule has 0 fully saturated rings. The van der Waals surface area contributed by atoms with Crippen LogP contribution in [0.4, 0.5) is 5.69 Å². The van der Waals surface area contributed by atoms with Gasteiger partial charge in [0.2, 0.25) is 15.9 Å². The van der Waals surface area contributed by atoms with Crippen LogP contribution in [0.25, 0.3) is 10.8 Å². The molecular weight excluding hydrogens is 792 g/mol. The molecule has 0 aromatic heterocycles. The molecule has 0 aliphatic heterocycles. The molecule has 7 aromatic rings. The maximum absolute atomic E-state index is 15.0. The van der Waals surface area contributed by atoms with Crippen molar-refractivity contribution in [3.63, 3.8) is 0 Å². The van der Waals surface area contributed by atoms with E-state index in [1.54, 1.807) is 61.2 Å². The lowest BCUT2D eigenvalue weighted by Gasteiger charge is -2.29. The molecule has 1 atom stereocenters. The fourth-order valence-corrected chi connectivity index (χ4v) is 9.31. The van der Waals surface area contributed by atoms with Crippen molar-refractivity contribution in [2.75, 3.05) is 11.4 Å². The van der Waals surface area contributed by atoms with E-state index in [-0.39, 0.29) is 31.2 Å². The zero-order chi connectivity index (χ0) is 42.2. The minimum atomic E-state index is -4.22. The number of aliphatic hydroxyl groups excluding tert-OH is 1. The molecule has 0 saturated carbocycles. The number of aliphatic hydroxyl groups is 1. The summed E-state index contributed by atoms with van der Waals surface area (Å²) in [6.07, 6.45) is -1.35. The summed E-state index contributed by atoms with van der Waals surface area (Å²) in [6.45, 7) is 5.39. The lowest BCUT2D eigenvalue weighted by atomic mass is 10.1. The third kappa shape index (κ3) is 10.3. The monoisotopic (exact) mass is 838 g/mol. The standard InChI is InChI=1S/C50H47ClN2O6S/c1-35-26-36(2)49(37(3)27-35)60(56,57)52(30-38-19-22-44(51)23-20-38)32-48(54)53(31-41-18-21-42-16-10-11-17-43(42)28-41)45-24-25-46(50(55)59-34-40-14-8-5-9-15-40)47(29-45)58-33-39-12-6-4-7-13-39/h4-29,50,55H,30-34H2,1-3H3. The molecule has 8 nitrogen and oxygen atoms in total. The number of fused-ring (bicyclic) bond motifs is 1. The van der Waals surface area contributed by atoms with E-state index in [9.17, 15) is 13.5 Å². The Labute approximate surface area is 357 Å². The van der Waals surface area contributed by atoms with Gasteiger partial charge in [0.1, 0.15) is 12.4 Å². The van der Waals surface area contributed by atoms with Gasteiger partial charge < -0.3 is 19.5 Å². The third-order valence-electron chi connectivity index (χ3n) is 10.3. The van der Waals surface area contributed by atoms with Crippen molar-refractivity contribution in [1.82, 2.24) is 4.31 Å². The number of carbonyl (C=O) groups excluding carboxylic acids is 1. The van der Waals surface area contributed by atoms with Crippen LogP contribution in [0.5, 0.6) is 5.75 Å². The van der Waals surface area contributed by atoms with E-state index in [2.05, 4.69) is 0 Å². The number of carbonyl (C=O) groups is 1. The maximum atomic E-state index is 15.0. The molecular formula is C50H47ClN2O6S. The second-order valence-corrected chi connectivity index (χ2v) is 17.2. The van der Waals surface area contributed by atoms with Gasteiger partial charge >= 0.3 is 0 Å². The number of aryl methyl sites for hydroxylation is 3. The van der Waals surface area contributed by atoms with E-state index in [1.165, 1.54) is 4.31 Å². The van der Waals surface area contributed by atoms with Crippen LogP contribution in [-0.2, 0) is 45.9 Å². The molecule has 7 aromatic carbocycles. The summed E-state index contributed by atoms with van der Waals surface area (Å²) in [5, 5.41) is 14.0. The highest BCUT2D eigenvalue weighted by Gasteiger charge is 2.32. The lowest BCUT2D eigenvalue weighted by molar-refractivity contribution is -0.119. The molecule has 0 heterocycles. The lowest BCUT2D eigenvalue weighted by Crippen LogP contribution is -2.43. The first-order valence-electron chi connectivity index (χ1n) is 19.7. The van der Waals surface area contributed by atoms with E-state index in [4.69, 9.17) is 21.1 Å². The van der Waals surface area contributed by atoms with Crippen LogP contribution in [0.1, 0.15) is 50.8 Å². The largest absolute Gasteiger partial charge is 0.488 e. The number of sulfonamides is 1. The Kier molecular flexibility index (Phi) is 13.4. The quantitative estimate of drug-likeness (QED) is 0.0974. The van der Waals surface area contributed by atoms with Gasteiger partial charge in [-0.1, -0.05) is 138 Å². The predicted molar refractivity (Wildman–Crippen MR) is 238 cm³/mol. The minimum Gasteiger partial charge on any atom is -0.488 e. The molecule has 0 aliphatic carbocycles. The summed E-state index contributed by atoms with van der Waals surface area (Å²) in [6, 6.07) is 48.9. The Bertz CT molecular complexity index is 2670. The van der Waals surface area contributed by atoms with Gasteiger partial charge in [-0.2, -0.15) is 4.31 Å². The van der Waals surface area contributed by atoms with E-state index in [0.29, 0.717) is 38.7 Å². The number of benzene rings is 7. The Morgan fingerprint density at radius 2 is 1.25 bits per heavy atom. The van der Waals surface area contributed by atoms with Gasteiger partial charge in [-0.3, -0.25) is 4.79 Å². The molecule has 1 unspecified atom stereocenters. The number of anilines is 1. The predicted octanol–water partition coefficient (Wildman–Crippen LogP) is 10.6. The Hall–Kier alpha value is -5.81. The van der Waals surface area contributed by atoms with E-state index < -0.39 is 28.8 Å². The molecule has 60 heavy (non-hydrogen) atoms. The minimum absolute atomic E-state index is 0.0723. The molecule has 1 amide bonds. The second-order valence-electron chi connectivity index (χ2n) is 14.9. The second kappa shape index (κ2) is 19.1. The highest BCUT2D eigenvalue weighted by molar-refractivity contribution is 7.89. The topological polar surface area (TPSA) is 96.4 Å². The van der Waals surface area contributed by atoms with Crippen LogP contribution >= 0.6 is 11.6 Å². The van der Waals surface area contributed by atoms with Crippen LogP contribution in [0.3, 0.4) is 0 Å². The number of rotatable bonds is 16. The molecule has 0 spiro atoms. The first kappa shape index (κ1) is 42.3. The van der Waals surface area contributed by atoms with Crippen LogP contribution < -0.4 is 9.64 Å². The Morgan fingerprint density at radius 3 is 1.92 bits per heavy atom. The average Bonchev–Trinajstić information content (AvgIpc) is 3.24. The average molecular weight is 839 g/mol. The summed E-state index contributed by atoms with van der Waals surface area (Å²) >= 11 is 6.22. The fraction of sp³-hybridized carbons (Fsp3) is 0.180. The number of ether oxygens (including phenoxy) is 2. The number of halogens is 1. The maximum Gasteiger partial charge on any atom is 0.244 e. The molecule has 0 radical (unpaired) electrons. The van der Waals surface area contributed by atoms with Crippen molar-refractivity contribution in [1.29, 1.82) is 0 Å². The zero-order valence-electron chi connectivity index (χ0n) is 33.8. The summed E-state index contributed by atoms with van der Waals surface area (Å²) in [5.41, 5.74) is 6.25. The van der Waals surface area contributed by atoms with Crippen LogP contribution in [-0.4, -0.2) is 30.3 Å². The summed E-state index contributed by atoms with van der Waals surface area (Å²) in [7, 11) is -4.22. The first-order valence-corrected chi connectivity index (χ1v) is 21.5. The van der Waals surface area contributed by atoms with Crippen molar-refractivity contribution in [3.05, 3.63) is 207 Å². The third-order valence-corrected chi connectivity index (χ3v) is 12.7. The fourth-order valence-electron chi connectivity index (χ4n) is 7.40. The van der Waals surface area contributed by atoms with Gasteiger partial charge in [0.05, 0.1) is 24.6 Å². The molecule has 0 bridgehead atoms. The van der Waals surface area contributed by atoms with Gasteiger partial charge in [-0.15, -0.1) is 0 Å². The van der Waals surface area contributed by atoms with Crippen LogP contribution in [0, 0.1) is 20.8 Å². The smallest absolute Gasteiger partial charge is 0.244 e. The molecule has 10 heteroatoms. The van der Waals surface area contributed by atoms with Gasteiger partial charge in [-0.25, -0.2) is 8.42 Å². The molecule has 0 aliphatic rings. The summed E-state index contributed by atoms with van der Waals surface area (Å²) in [4.78, 5) is 16.8. The number of hydrogen-bond donors (Lipinski definition) is 1. The van der Waals surface area contributed by atoms with Crippen molar-refractivity contribution >= 4 is 44.0 Å². The normalized spacial score (nSPS) is 12.1. The summed E-state index contributed by atoms with van der Waals surface area (Å²) < 4.78 is 43.1. The Morgan fingerprint density at radius 1 is 0.650 bits per heavy atom. The number of nitrogens with zero attached hydrogens (tertiary/aromatic N) is 2. The van der Waals surface area contributed by atoms with E-state index >= 15 is 4.79 Å². The molecule has 7 rings (SSSR count). The molecule has 1 N–H and O–H groups in total. The first-order chi connectivity index (χ1) is 28.9. The van der Waals surface area contributed by atoms with Gasteiger partial charge in [0, 0.05) is 28.9 Å². The summed E-state index contributed by atoms with van der Waals surface area (Å²) in [5.74, 6) is -0.157. The molecule has 0 saturated heterocycles. The van der Waals surface area contributed by atoms with Crippen molar-refractivity contribution in [3.8, 4) is 5.75 Å². The highest BCUT2D eigenvalue weighted by Crippen LogP contribution is 2.34. The Balaban J connectivity index is 1.29. The number of amides is 1. The van der Waals surface area contributed by atoms with Gasteiger partial charge in [-0.05, 0) is 95.3 Å². The number of hydrogen-bond acceptors (Lipinski definition) is 6. The van der Waals surface area contributed by atoms with E-state index in [1.807, 2.05) is 122 Å². The van der Waals surface area contributed by atoms with Crippen molar-refractivity contribution in [2.45, 2.75) is 58.3 Å². The molecule has 306 valence electrons. The van der Waals surface area contributed by atoms with Gasteiger partial charge in [0.15, 0.2) is 6.29 Å². The zero-order valence-corrected chi connectivity index (χ0v) is 35.4.